The Morgan fingerprint density at radius 3 is 2.68 bits per heavy atom. The van der Waals surface area contributed by atoms with Gasteiger partial charge in [-0.1, -0.05) is 22.9 Å². The number of rotatable bonds is 5. The summed E-state index contributed by atoms with van der Waals surface area (Å²) in [6.07, 6.45) is 1.13. The summed E-state index contributed by atoms with van der Waals surface area (Å²) in [4.78, 5) is 1.34. The molecule has 0 spiro atoms. The van der Waals surface area contributed by atoms with Crippen LogP contribution in [-0.4, -0.2) is 6.54 Å². The molecule has 1 aromatic carbocycles. The molecule has 0 bridgehead atoms. The van der Waals surface area contributed by atoms with E-state index in [9.17, 15) is 0 Å². The second kappa shape index (κ2) is 7.54. The molecule has 102 valence electrons. The van der Waals surface area contributed by atoms with Crippen LogP contribution in [0.5, 0.6) is 0 Å². The van der Waals surface area contributed by atoms with Crippen molar-refractivity contribution in [3.05, 3.63) is 52.6 Å². The van der Waals surface area contributed by atoms with E-state index in [1.807, 2.05) is 0 Å². The number of hydrogen-bond acceptors (Lipinski definition) is 2. The lowest BCUT2D eigenvalue weighted by Crippen LogP contribution is -2.23. The summed E-state index contributed by atoms with van der Waals surface area (Å²) in [5.74, 6) is 0. The number of hydrogen-bond donors (Lipinski definition) is 1. The SMILES string of the molecule is CCCNC(c1ccc(Br)s1)c1cc(Br)ccc1I. The van der Waals surface area contributed by atoms with Gasteiger partial charge >= 0.3 is 0 Å². The molecular formula is C14H14Br2INS. The van der Waals surface area contributed by atoms with Gasteiger partial charge in [-0.3, -0.25) is 0 Å². The van der Waals surface area contributed by atoms with E-state index in [2.05, 4.69) is 97.0 Å². The summed E-state index contributed by atoms with van der Waals surface area (Å²) in [5.41, 5.74) is 1.33. The summed E-state index contributed by atoms with van der Waals surface area (Å²) in [5, 5.41) is 3.65. The Labute approximate surface area is 148 Å². The Kier molecular flexibility index (Phi) is 6.33. The Morgan fingerprint density at radius 2 is 2.05 bits per heavy atom. The molecule has 0 aliphatic carbocycles. The van der Waals surface area contributed by atoms with Gasteiger partial charge in [0.2, 0.25) is 0 Å². The first kappa shape index (κ1) is 15.9. The van der Waals surface area contributed by atoms with Crippen LogP contribution >= 0.6 is 65.8 Å². The van der Waals surface area contributed by atoms with E-state index in [0.29, 0.717) is 0 Å². The van der Waals surface area contributed by atoms with E-state index >= 15 is 0 Å². The maximum Gasteiger partial charge on any atom is 0.0702 e. The zero-order valence-corrected chi connectivity index (χ0v) is 16.6. The second-order valence-electron chi connectivity index (χ2n) is 4.19. The van der Waals surface area contributed by atoms with Gasteiger partial charge in [0, 0.05) is 12.9 Å². The van der Waals surface area contributed by atoms with Gasteiger partial charge in [0.25, 0.3) is 0 Å². The average molecular weight is 515 g/mol. The van der Waals surface area contributed by atoms with Crippen LogP contribution in [0.25, 0.3) is 0 Å². The maximum absolute atomic E-state index is 3.65. The topological polar surface area (TPSA) is 12.0 Å². The van der Waals surface area contributed by atoms with Crippen molar-refractivity contribution in [2.24, 2.45) is 0 Å². The van der Waals surface area contributed by atoms with E-state index in [-0.39, 0.29) is 6.04 Å². The second-order valence-corrected chi connectivity index (χ2v) is 8.77. The Morgan fingerprint density at radius 1 is 1.26 bits per heavy atom. The van der Waals surface area contributed by atoms with E-state index in [0.717, 1.165) is 17.4 Å². The molecule has 19 heavy (non-hydrogen) atoms. The van der Waals surface area contributed by atoms with Crippen LogP contribution < -0.4 is 5.32 Å². The predicted molar refractivity (Wildman–Crippen MR) is 99.0 cm³/mol. The number of thiophene rings is 1. The van der Waals surface area contributed by atoms with Crippen LogP contribution in [-0.2, 0) is 0 Å². The van der Waals surface area contributed by atoms with Crippen LogP contribution in [0.4, 0.5) is 0 Å². The molecule has 2 rings (SSSR count). The third-order valence-corrected chi connectivity index (χ3v) is 5.91. The molecule has 0 aliphatic rings. The zero-order chi connectivity index (χ0) is 13.8. The molecule has 1 nitrogen and oxygen atoms in total. The summed E-state index contributed by atoms with van der Waals surface area (Å²) in [7, 11) is 0. The van der Waals surface area contributed by atoms with Crippen LogP contribution in [0, 0.1) is 3.57 Å². The smallest absolute Gasteiger partial charge is 0.0702 e. The molecule has 2 aromatic rings. The molecule has 1 heterocycles. The van der Waals surface area contributed by atoms with Gasteiger partial charge in [0.15, 0.2) is 0 Å². The van der Waals surface area contributed by atoms with Crippen LogP contribution in [0.1, 0.15) is 29.8 Å². The molecule has 1 N–H and O–H groups in total. The fourth-order valence-electron chi connectivity index (χ4n) is 1.87. The van der Waals surface area contributed by atoms with Crippen molar-refractivity contribution in [2.75, 3.05) is 6.54 Å². The monoisotopic (exact) mass is 513 g/mol. The normalized spacial score (nSPS) is 12.6. The highest BCUT2D eigenvalue weighted by Crippen LogP contribution is 2.34. The van der Waals surface area contributed by atoms with Gasteiger partial charge in [-0.05, 0) is 87.4 Å². The molecule has 1 atom stereocenters. The molecule has 5 heteroatoms. The molecule has 1 unspecified atom stereocenters. The highest BCUT2D eigenvalue weighted by Gasteiger charge is 2.18. The fourth-order valence-corrected chi connectivity index (χ4v) is 4.42. The largest absolute Gasteiger partial charge is 0.306 e. The van der Waals surface area contributed by atoms with Crippen molar-refractivity contribution in [2.45, 2.75) is 19.4 Å². The third kappa shape index (κ3) is 4.27. The molecule has 0 fully saturated rings. The van der Waals surface area contributed by atoms with Gasteiger partial charge in [0.1, 0.15) is 0 Å². The number of benzene rings is 1. The van der Waals surface area contributed by atoms with Gasteiger partial charge < -0.3 is 5.32 Å². The Hall–Kier alpha value is 0.570. The standard InChI is InChI=1S/C14H14Br2INS/c1-2-7-18-14(12-5-6-13(16)19-12)10-8-9(15)3-4-11(10)17/h3-6,8,14,18H,2,7H2,1H3. The lowest BCUT2D eigenvalue weighted by molar-refractivity contribution is 0.604. The molecule has 0 aliphatic heterocycles. The first-order chi connectivity index (χ1) is 9.11. The summed E-state index contributed by atoms with van der Waals surface area (Å²) in [6, 6.07) is 11.0. The lowest BCUT2D eigenvalue weighted by atomic mass is 10.1. The van der Waals surface area contributed by atoms with Crippen LogP contribution in [0.3, 0.4) is 0 Å². The van der Waals surface area contributed by atoms with Crippen molar-refractivity contribution < 1.29 is 0 Å². The Bertz CT molecular complexity index is 556. The van der Waals surface area contributed by atoms with Crippen LogP contribution in [0.15, 0.2) is 38.6 Å². The maximum atomic E-state index is 3.65. The summed E-state index contributed by atoms with van der Waals surface area (Å²) in [6.45, 7) is 3.21. The summed E-state index contributed by atoms with van der Waals surface area (Å²) < 4.78 is 3.59. The highest BCUT2D eigenvalue weighted by atomic mass is 127. The van der Waals surface area contributed by atoms with Gasteiger partial charge in [-0.25, -0.2) is 0 Å². The minimum absolute atomic E-state index is 0.264. The molecular weight excluding hydrogens is 501 g/mol. The van der Waals surface area contributed by atoms with Crippen molar-refractivity contribution in [3.8, 4) is 0 Å². The quantitative estimate of drug-likeness (QED) is 0.485. The van der Waals surface area contributed by atoms with E-state index in [1.165, 1.54) is 17.8 Å². The molecule has 0 saturated heterocycles. The average Bonchev–Trinajstić information content (AvgIpc) is 2.80. The first-order valence-electron chi connectivity index (χ1n) is 6.05. The van der Waals surface area contributed by atoms with Crippen molar-refractivity contribution in [1.82, 2.24) is 5.32 Å². The van der Waals surface area contributed by atoms with E-state index in [1.54, 1.807) is 11.3 Å². The van der Waals surface area contributed by atoms with Gasteiger partial charge in [-0.15, -0.1) is 11.3 Å². The summed E-state index contributed by atoms with van der Waals surface area (Å²) >= 11 is 11.3. The molecule has 0 radical (unpaired) electrons. The zero-order valence-electron chi connectivity index (χ0n) is 10.4. The Balaban J connectivity index is 2.39. The number of nitrogens with one attached hydrogen (secondary N) is 1. The molecule has 0 saturated carbocycles. The van der Waals surface area contributed by atoms with Crippen molar-refractivity contribution in [1.29, 1.82) is 0 Å². The molecule has 1 aromatic heterocycles. The minimum Gasteiger partial charge on any atom is -0.306 e. The van der Waals surface area contributed by atoms with E-state index < -0.39 is 0 Å². The van der Waals surface area contributed by atoms with E-state index in [4.69, 9.17) is 0 Å². The minimum atomic E-state index is 0.264. The fraction of sp³-hybridized carbons (Fsp3) is 0.286. The van der Waals surface area contributed by atoms with Crippen molar-refractivity contribution in [3.63, 3.8) is 0 Å². The van der Waals surface area contributed by atoms with Gasteiger partial charge in [0.05, 0.1) is 9.83 Å². The highest BCUT2D eigenvalue weighted by molar-refractivity contribution is 14.1. The number of halogens is 3. The van der Waals surface area contributed by atoms with Crippen LogP contribution in [0.2, 0.25) is 0 Å². The van der Waals surface area contributed by atoms with Gasteiger partial charge in [-0.2, -0.15) is 0 Å². The molecule has 0 amide bonds. The van der Waals surface area contributed by atoms with Crippen molar-refractivity contribution >= 4 is 65.8 Å². The lowest BCUT2D eigenvalue weighted by Gasteiger charge is -2.19. The predicted octanol–water partition coefficient (Wildman–Crippen LogP) is 5.97. The first-order valence-corrected chi connectivity index (χ1v) is 9.53. The third-order valence-electron chi connectivity index (χ3n) is 2.75.